The first-order valence-electron chi connectivity index (χ1n) is 4.42. The van der Waals surface area contributed by atoms with E-state index in [1.165, 1.54) is 11.3 Å². The molecule has 7 nitrogen and oxygen atoms in total. The standard InChI is InChI=1S/C8H9N5O2S/c1-3-5(16-4(2-9)11-3)8-12-7(6(10)14)13-15-8/h2,9H2,1H3,(H2,10,14). The molecule has 0 aliphatic heterocycles. The van der Waals surface area contributed by atoms with Crippen LogP contribution in [0, 0.1) is 6.92 Å². The fourth-order valence-corrected chi connectivity index (χ4v) is 2.02. The fraction of sp³-hybridized carbons (Fsp3) is 0.250. The van der Waals surface area contributed by atoms with Crippen LogP contribution < -0.4 is 11.5 Å². The molecule has 2 rings (SSSR count). The van der Waals surface area contributed by atoms with Gasteiger partial charge in [0.2, 0.25) is 0 Å². The molecule has 4 N–H and O–H groups in total. The Morgan fingerprint density at radius 2 is 2.25 bits per heavy atom. The molecule has 2 aromatic heterocycles. The highest BCUT2D eigenvalue weighted by molar-refractivity contribution is 7.15. The van der Waals surface area contributed by atoms with Gasteiger partial charge in [-0.25, -0.2) is 4.98 Å². The number of primary amides is 1. The van der Waals surface area contributed by atoms with Crippen LogP contribution in [0.2, 0.25) is 0 Å². The van der Waals surface area contributed by atoms with Gasteiger partial charge in [-0.05, 0) is 6.92 Å². The highest BCUT2D eigenvalue weighted by Gasteiger charge is 2.17. The van der Waals surface area contributed by atoms with E-state index in [1.807, 2.05) is 0 Å². The number of rotatable bonds is 3. The van der Waals surface area contributed by atoms with E-state index in [1.54, 1.807) is 6.92 Å². The van der Waals surface area contributed by atoms with Crippen LogP contribution in [-0.2, 0) is 6.54 Å². The normalized spacial score (nSPS) is 10.6. The van der Waals surface area contributed by atoms with Crippen molar-refractivity contribution in [2.24, 2.45) is 11.5 Å². The molecule has 0 aromatic carbocycles. The van der Waals surface area contributed by atoms with Gasteiger partial charge in [0.15, 0.2) is 0 Å². The summed E-state index contributed by atoms with van der Waals surface area (Å²) in [6, 6.07) is 0. The lowest BCUT2D eigenvalue weighted by Gasteiger charge is -1.86. The molecule has 0 radical (unpaired) electrons. The summed E-state index contributed by atoms with van der Waals surface area (Å²) < 4.78 is 4.92. The molecule has 0 saturated carbocycles. The van der Waals surface area contributed by atoms with E-state index in [0.717, 1.165) is 10.7 Å². The first kappa shape index (κ1) is 10.7. The van der Waals surface area contributed by atoms with Crippen LogP contribution in [0.25, 0.3) is 10.8 Å². The molecule has 0 saturated heterocycles. The van der Waals surface area contributed by atoms with E-state index < -0.39 is 5.91 Å². The van der Waals surface area contributed by atoms with Gasteiger partial charge in [-0.3, -0.25) is 4.79 Å². The SMILES string of the molecule is Cc1nc(CN)sc1-c1nc(C(N)=O)no1. The molecule has 0 atom stereocenters. The first-order chi connectivity index (χ1) is 7.61. The molecule has 0 unspecified atom stereocenters. The summed E-state index contributed by atoms with van der Waals surface area (Å²) in [6.07, 6.45) is 0. The smallest absolute Gasteiger partial charge is 0.290 e. The van der Waals surface area contributed by atoms with E-state index in [4.69, 9.17) is 16.0 Å². The summed E-state index contributed by atoms with van der Waals surface area (Å²) in [7, 11) is 0. The Bertz CT molecular complexity index is 532. The summed E-state index contributed by atoms with van der Waals surface area (Å²) >= 11 is 1.35. The maximum absolute atomic E-state index is 10.8. The number of aryl methyl sites for hydroxylation is 1. The van der Waals surface area contributed by atoms with Crippen LogP contribution in [-0.4, -0.2) is 21.0 Å². The zero-order valence-electron chi connectivity index (χ0n) is 8.43. The summed E-state index contributed by atoms with van der Waals surface area (Å²) in [5, 5.41) is 4.23. The van der Waals surface area contributed by atoms with Gasteiger partial charge in [-0.2, -0.15) is 4.98 Å². The Morgan fingerprint density at radius 1 is 1.50 bits per heavy atom. The second kappa shape index (κ2) is 3.99. The zero-order chi connectivity index (χ0) is 11.7. The van der Waals surface area contributed by atoms with Crippen molar-refractivity contribution in [3.8, 4) is 10.8 Å². The van der Waals surface area contributed by atoms with Crippen LogP contribution >= 0.6 is 11.3 Å². The third kappa shape index (κ3) is 1.79. The van der Waals surface area contributed by atoms with Crippen molar-refractivity contribution >= 4 is 17.2 Å². The third-order valence-electron chi connectivity index (χ3n) is 1.86. The van der Waals surface area contributed by atoms with E-state index in [0.29, 0.717) is 11.4 Å². The molecule has 0 bridgehead atoms. The van der Waals surface area contributed by atoms with Crippen molar-refractivity contribution in [1.82, 2.24) is 15.1 Å². The van der Waals surface area contributed by atoms with Gasteiger partial charge in [0, 0.05) is 6.54 Å². The lowest BCUT2D eigenvalue weighted by molar-refractivity contribution is 0.0987. The number of carbonyl (C=O) groups is 1. The number of carbonyl (C=O) groups excluding carboxylic acids is 1. The molecule has 0 aliphatic rings. The van der Waals surface area contributed by atoms with Crippen LogP contribution in [0.3, 0.4) is 0 Å². The fourth-order valence-electron chi connectivity index (χ4n) is 1.15. The van der Waals surface area contributed by atoms with Gasteiger partial charge in [-0.15, -0.1) is 11.3 Å². The van der Waals surface area contributed by atoms with E-state index in [-0.39, 0.29) is 11.7 Å². The summed E-state index contributed by atoms with van der Waals surface area (Å²) in [6.45, 7) is 2.15. The van der Waals surface area contributed by atoms with Crippen LogP contribution in [0.4, 0.5) is 0 Å². The van der Waals surface area contributed by atoms with Crippen molar-refractivity contribution in [1.29, 1.82) is 0 Å². The molecule has 0 aliphatic carbocycles. The quantitative estimate of drug-likeness (QED) is 0.781. The number of thiazole rings is 1. The monoisotopic (exact) mass is 239 g/mol. The topological polar surface area (TPSA) is 121 Å². The molecule has 8 heteroatoms. The van der Waals surface area contributed by atoms with Gasteiger partial charge in [0.1, 0.15) is 9.88 Å². The lowest BCUT2D eigenvalue weighted by Crippen LogP contribution is -2.12. The van der Waals surface area contributed by atoms with E-state index in [9.17, 15) is 4.79 Å². The second-order valence-corrected chi connectivity index (χ2v) is 4.10. The van der Waals surface area contributed by atoms with Crippen molar-refractivity contribution in [3.63, 3.8) is 0 Å². The first-order valence-corrected chi connectivity index (χ1v) is 5.23. The minimum atomic E-state index is -0.726. The second-order valence-electron chi connectivity index (χ2n) is 3.01. The summed E-state index contributed by atoms with van der Waals surface area (Å²) in [4.78, 5) is 19.6. The van der Waals surface area contributed by atoms with Gasteiger partial charge in [0.05, 0.1) is 5.69 Å². The Labute approximate surface area is 94.5 Å². The van der Waals surface area contributed by atoms with Crippen molar-refractivity contribution in [2.45, 2.75) is 13.5 Å². The van der Waals surface area contributed by atoms with E-state index in [2.05, 4.69) is 15.1 Å². The minimum absolute atomic E-state index is 0.142. The number of hydrogen-bond donors (Lipinski definition) is 2. The molecule has 0 fully saturated rings. The van der Waals surface area contributed by atoms with Crippen LogP contribution in [0.15, 0.2) is 4.52 Å². The molecule has 2 heterocycles. The molecule has 84 valence electrons. The molecular weight excluding hydrogens is 230 g/mol. The average molecular weight is 239 g/mol. The number of amides is 1. The molecule has 2 aromatic rings. The van der Waals surface area contributed by atoms with Gasteiger partial charge < -0.3 is 16.0 Å². The van der Waals surface area contributed by atoms with Crippen molar-refractivity contribution in [2.75, 3.05) is 0 Å². The van der Waals surface area contributed by atoms with E-state index >= 15 is 0 Å². The Kier molecular flexibility index (Phi) is 2.67. The molecule has 0 spiro atoms. The van der Waals surface area contributed by atoms with Crippen LogP contribution in [0.5, 0.6) is 0 Å². The molecular formula is C8H9N5O2S. The predicted molar refractivity (Wildman–Crippen MR) is 56.6 cm³/mol. The molecule has 16 heavy (non-hydrogen) atoms. The Hall–Kier alpha value is -1.80. The summed E-state index contributed by atoms with van der Waals surface area (Å²) in [5.41, 5.74) is 11.2. The van der Waals surface area contributed by atoms with Gasteiger partial charge >= 0.3 is 0 Å². The number of aromatic nitrogens is 3. The van der Waals surface area contributed by atoms with Gasteiger partial charge in [0.25, 0.3) is 17.6 Å². The number of nitrogens with zero attached hydrogens (tertiary/aromatic N) is 3. The summed E-state index contributed by atoms with van der Waals surface area (Å²) in [5.74, 6) is -0.628. The number of nitrogens with two attached hydrogens (primary N) is 2. The third-order valence-corrected chi connectivity index (χ3v) is 3.02. The Balaban J connectivity index is 2.41. The predicted octanol–water partition coefficient (Wildman–Crippen LogP) is 0.0591. The Morgan fingerprint density at radius 3 is 2.75 bits per heavy atom. The maximum atomic E-state index is 10.8. The minimum Gasteiger partial charge on any atom is -0.363 e. The average Bonchev–Trinajstić information content (AvgIpc) is 2.83. The maximum Gasteiger partial charge on any atom is 0.290 e. The van der Waals surface area contributed by atoms with Crippen molar-refractivity contribution < 1.29 is 9.32 Å². The highest BCUT2D eigenvalue weighted by Crippen LogP contribution is 2.28. The van der Waals surface area contributed by atoms with Crippen molar-refractivity contribution in [3.05, 3.63) is 16.5 Å². The molecule has 1 amide bonds. The van der Waals surface area contributed by atoms with Crippen LogP contribution in [0.1, 0.15) is 21.3 Å². The van der Waals surface area contributed by atoms with Gasteiger partial charge in [-0.1, -0.05) is 5.16 Å². The highest BCUT2D eigenvalue weighted by atomic mass is 32.1. The number of hydrogen-bond acceptors (Lipinski definition) is 7. The lowest BCUT2D eigenvalue weighted by atomic mass is 10.4. The zero-order valence-corrected chi connectivity index (χ0v) is 9.24. The largest absolute Gasteiger partial charge is 0.363 e.